The lowest BCUT2D eigenvalue weighted by Crippen LogP contribution is -2.52. The molecule has 0 aromatic carbocycles. The molecule has 2 aromatic heterocycles. The molecule has 0 unspecified atom stereocenters. The Labute approximate surface area is 144 Å². The number of amides is 1. The summed E-state index contributed by atoms with van der Waals surface area (Å²) in [4.78, 5) is 31.4. The Balaban J connectivity index is 1.71. The molecule has 1 N–H and O–H groups in total. The molecule has 1 fully saturated rings. The lowest BCUT2D eigenvalue weighted by Gasteiger charge is -2.39. The van der Waals surface area contributed by atoms with Gasteiger partial charge in [0.2, 0.25) is 0 Å². The van der Waals surface area contributed by atoms with Crippen LogP contribution in [0.25, 0.3) is 0 Å². The summed E-state index contributed by atoms with van der Waals surface area (Å²) >= 11 is 1.62. The van der Waals surface area contributed by atoms with E-state index >= 15 is 0 Å². The normalized spacial score (nSPS) is 17.0. The molecule has 128 valence electrons. The Morgan fingerprint density at radius 1 is 1.38 bits per heavy atom. The highest BCUT2D eigenvalue weighted by molar-refractivity contribution is 7.10. The van der Waals surface area contributed by atoms with E-state index in [1.165, 1.54) is 4.88 Å². The van der Waals surface area contributed by atoms with Crippen molar-refractivity contribution in [3.63, 3.8) is 0 Å². The number of imidazole rings is 1. The minimum atomic E-state index is -1.00. The Hall–Kier alpha value is -2.15. The van der Waals surface area contributed by atoms with Crippen LogP contribution in [0.4, 0.5) is 0 Å². The first-order valence-corrected chi connectivity index (χ1v) is 9.03. The average molecular weight is 347 g/mol. The number of carbonyl (C=O) groups excluding carboxylic acids is 1. The monoisotopic (exact) mass is 347 g/mol. The van der Waals surface area contributed by atoms with E-state index in [0.29, 0.717) is 31.5 Å². The molecule has 0 saturated carbocycles. The van der Waals surface area contributed by atoms with Gasteiger partial charge in [-0.3, -0.25) is 4.79 Å². The fraction of sp³-hybridized carbons (Fsp3) is 0.471. The standard InChI is InChI=1S/C17H21N3O3S/c1-2-3-14-10-13(11-24-14)15(21)19-7-4-17(5-8-19,16(22)23)20-9-6-18-12-20/h6,9-12H,2-5,7-8H2,1H3,(H,22,23). The van der Waals surface area contributed by atoms with Crippen molar-refractivity contribution >= 4 is 23.2 Å². The second-order valence-electron chi connectivity index (χ2n) is 6.15. The molecule has 0 bridgehead atoms. The maximum Gasteiger partial charge on any atom is 0.330 e. The summed E-state index contributed by atoms with van der Waals surface area (Å²) in [7, 11) is 0. The zero-order valence-electron chi connectivity index (χ0n) is 13.6. The van der Waals surface area contributed by atoms with Gasteiger partial charge in [0.05, 0.1) is 11.9 Å². The minimum Gasteiger partial charge on any atom is -0.479 e. The summed E-state index contributed by atoms with van der Waals surface area (Å²) < 4.78 is 1.65. The summed E-state index contributed by atoms with van der Waals surface area (Å²) in [6.45, 7) is 2.98. The summed E-state index contributed by atoms with van der Waals surface area (Å²) in [6.07, 6.45) is 7.63. The average Bonchev–Trinajstić information content (AvgIpc) is 3.26. The van der Waals surface area contributed by atoms with Gasteiger partial charge >= 0.3 is 5.97 Å². The number of hydrogen-bond donors (Lipinski definition) is 1. The predicted octanol–water partition coefficient (Wildman–Crippen LogP) is 2.61. The number of rotatable bonds is 5. The van der Waals surface area contributed by atoms with Crippen LogP contribution in [0.2, 0.25) is 0 Å². The highest BCUT2D eigenvalue weighted by Gasteiger charge is 2.44. The van der Waals surface area contributed by atoms with Crippen molar-refractivity contribution in [2.75, 3.05) is 13.1 Å². The highest BCUT2D eigenvalue weighted by Crippen LogP contribution is 2.31. The lowest BCUT2D eigenvalue weighted by molar-refractivity contribution is -0.150. The zero-order valence-corrected chi connectivity index (χ0v) is 14.5. The van der Waals surface area contributed by atoms with Gasteiger partial charge in [-0.25, -0.2) is 9.78 Å². The van der Waals surface area contributed by atoms with Crippen LogP contribution in [0, 0.1) is 0 Å². The van der Waals surface area contributed by atoms with Crippen LogP contribution in [0.5, 0.6) is 0 Å². The molecule has 0 radical (unpaired) electrons. The molecule has 0 atom stereocenters. The SMILES string of the molecule is CCCc1cc(C(=O)N2CCC(C(=O)O)(n3ccnc3)CC2)cs1. The first kappa shape index (κ1) is 16.7. The second kappa shape index (κ2) is 6.76. The number of aromatic nitrogens is 2. The third-order valence-electron chi connectivity index (χ3n) is 4.67. The smallest absolute Gasteiger partial charge is 0.330 e. The van der Waals surface area contributed by atoms with Crippen molar-refractivity contribution in [3.8, 4) is 0 Å². The number of nitrogens with zero attached hydrogens (tertiary/aromatic N) is 3. The Morgan fingerprint density at radius 2 is 2.12 bits per heavy atom. The first-order valence-electron chi connectivity index (χ1n) is 8.15. The van der Waals surface area contributed by atoms with Crippen molar-refractivity contribution in [3.05, 3.63) is 40.6 Å². The van der Waals surface area contributed by atoms with Gasteiger partial charge in [0.15, 0.2) is 0 Å². The number of carbonyl (C=O) groups is 2. The van der Waals surface area contributed by atoms with Crippen LogP contribution < -0.4 is 0 Å². The summed E-state index contributed by atoms with van der Waals surface area (Å²) in [5.41, 5.74) is -0.288. The Bertz CT molecular complexity index is 715. The number of piperidine rings is 1. The highest BCUT2D eigenvalue weighted by atomic mass is 32.1. The molecule has 24 heavy (non-hydrogen) atoms. The van der Waals surface area contributed by atoms with Gasteiger partial charge in [-0.15, -0.1) is 11.3 Å². The summed E-state index contributed by atoms with van der Waals surface area (Å²) in [6, 6.07) is 1.96. The second-order valence-corrected chi connectivity index (χ2v) is 7.15. The third kappa shape index (κ3) is 2.96. The van der Waals surface area contributed by atoms with E-state index in [2.05, 4.69) is 11.9 Å². The van der Waals surface area contributed by atoms with Gasteiger partial charge in [0.25, 0.3) is 5.91 Å². The number of likely N-dealkylation sites (tertiary alicyclic amines) is 1. The number of thiophene rings is 1. The largest absolute Gasteiger partial charge is 0.479 e. The molecule has 0 spiro atoms. The van der Waals surface area contributed by atoms with E-state index in [0.717, 1.165) is 12.8 Å². The summed E-state index contributed by atoms with van der Waals surface area (Å²) in [5, 5.41) is 11.6. The van der Waals surface area contributed by atoms with Gasteiger partial charge in [-0.05, 0) is 25.3 Å². The van der Waals surface area contributed by atoms with Gasteiger partial charge in [-0.2, -0.15) is 0 Å². The van der Waals surface area contributed by atoms with Crippen LogP contribution in [-0.2, 0) is 16.8 Å². The predicted molar refractivity (Wildman–Crippen MR) is 91.3 cm³/mol. The van der Waals surface area contributed by atoms with Crippen molar-refractivity contribution in [2.45, 2.75) is 38.1 Å². The molecule has 7 heteroatoms. The van der Waals surface area contributed by atoms with Crippen molar-refractivity contribution in [1.82, 2.24) is 14.5 Å². The van der Waals surface area contributed by atoms with E-state index in [1.807, 2.05) is 11.4 Å². The van der Waals surface area contributed by atoms with E-state index in [4.69, 9.17) is 0 Å². The number of carboxylic acid groups (broad SMARTS) is 1. The van der Waals surface area contributed by atoms with Crippen molar-refractivity contribution in [1.29, 1.82) is 0 Å². The topological polar surface area (TPSA) is 75.4 Å². The quantitative estimate of drug-likeness (QED) is 0.902. The van der Waals surface area contributed by atoms with Gasteiger partial charge in [0.1, 0.15) is 5.54 Å². The van der Waals surface area contributed by atoms with Crippen LogP contribution in [0.15, 0.2) is 30.2 Å². The Kier molecular flexibility index (Phi) is 4.71. The molecule has 3 rings (SSSR count). The van der Waals surface area contributed by atoms with E-state index in [1.54, 1.807) is 39.5 Å². The Morgan fingerprint density at radius 3 is 2.71 bits per heavy atom. The molecular weight excluding hydrogens is 326 g/mol. The number of hydrogen-bond acceptors (Lipinski definition) is 4. The molecule has 1 saturated heterocycles. The van der Waals surface area contributed by atoms with Crippen LogP contribution in [0.1, 0.15) is 41.4 Å². The van der Waals surface area contributed by atoms with Crippen molar-refractivity contribution < 1.29 is 14.7 Å². The maximum absolute atomic E-state index is 12.7. The fourth-order valence-electron chi connectivity index (χ4n) is 3.23. The van der Waals surface area contributed by atoms with E-state index in [-0.39, 0.29) is 5.91 Å². The van der Waals surface area contributed by atoms with Gasteiger partial charge in [-0.1, -0.05) is 13.3 Å². The lowest BCUT2D eigenvalue weighted by atomic mass is 9.87. The van der Waals surface area contributed by atoms with Crippen molar-refractivity contribution in [2.24, 2.45) is 0 Å². The van der Waals surface area contributed by atoms with Gasteiger partial charge in [0, 0.05) is 35.7 Å². The molecule has 1 aliphatic heterocycles. The van der Waals surface area contributed by atoms with E-state index in [9.17, 15) is 14.7 Å². The molecule has 2 aromatic rings. The number of aryl methyl sites for hydroxylation is 1. The third-order valence-corrected chi connectivity index (χ3v) is 5.67. The fourth-order valence-corrected chi connectivity index (χ4v) is 4.19. The van der Waals surface area contributed by atoms with Gasteiger partial charge < -0.3 is 14.6 Å². The molecule has 1 aliphatic rings. The van der Waals surface area contributed by atoms with E-state index < -0.39 is 11.5 Å². The first-order chi connectivity index (χ1) is 11.6. The molecular formula is C17H21N3O3S. The van der Waals surface area contributed by atoms with Crippen LogP contribution >= 0.6 is 11.3 Å². The van der Waals surface area contributed by atoms with Crippen LogP contribution in [0.3, 0.4) is 0 Å². The summed E-state index contributed by atoms with van der Waals surface area (Å²) in [5.74, 6) is -0.869. The van der Waals surface area contributed by atoms with Crippen LogP contribution in [-0.4, -0.2) is 44.5 Å². The zero-order chi connectivity index (χ0) is 17.2. The maximum atomic E-state index is 12.7. The minimum absolute atomic E-state index is 0.00165. The molecule has 3 heterocycles. The number of aliphatic carboxylic acids is 1. The molecule has 6 nitrogen and oxygen atoms in total. The molecule has 0 aliphatic carbocycles. The molecule has 1 amide bonds. The number of carboxylic acids is 1.